The smallest absolute Gasteiger partial charge is 0.225 e. The van der Waals surface area contributed by atoms with Crippen molar-refractivity contribution in [3.63, 3.8) is 0 Å². The summed E-state index contributed by atoms with van der Waals surface area (Å²) in [7, 11) is 0. The summed E-state index contributed by atoms with van der Waals surface area (Å²) in [6, 6.07) is 0.653. The van der Waals surface area contributed by atoms with Gasteiger partial charge in [-0.2, -0.15) is 0 Å². The first kappa shape index (κ1) is 18.1. The SMILES string of the molecule is CC(CC1CCCC1)C(=O)N1CCC(NCC2CC2)CC1.Cl. The van der Waals surface area contributed by atoms with E-state index in [9.17, 15) is 4.79 Å². The molecule has 1 aliphatic heterocycles. The Labute approximate surface area is 142 Å². The molecule has 3 aliphatic rings. The molecule has 2 aliphatic carbocycles. The van der Waals surface area contributed by atoms with E-state index in [1.807, 2.05) is 0 Å². The van der Waals surface area contributed by atoms with Gasteiger partial charge >= 0.3 is 0 Å². The molecule has 0 aromatic rings. The van der Waals surface area contributed by atoms with Crippen LogP contribution in [0.1, 0.15) is 64.7 Å². The molecule has 1 heterocycles. The summed E-state index contributed by atoms with van der Waals surface area (Å²) in [4.78, 5) is 14.7. The highest BCUT2D eigenvalue weighted by molar-refractivity contribution is 5.85. The average molecular weight is 329 g/mol. The van der Waals surface area contributed by atoms with E-state index in [-0.39, 0.29) is 18.3 Å². The maximum absolute atomic E-state index is 12.6. The Hall–Kier alpha value is -0.280. The molecular weight excluding hydrogens is 296 g/mol. The van der Waals surface area contributed by atoms with Crippen LogP contribution in [0.4, 0.5) is 0 Å². The Morgan fingerprint density at radius 2 is 1.68 bits per heavy atom. The molecule has 3 nitrogen and oxygen atoms in total. The molecule has 0 aromatic heterocycles. The zero-order valence-electron chi connectivity index (χ0n) is 14.1. The summed E-state index contributed by atoms with van der Waals surface area (Å²) in [5, 5.41) is 3.69. The van der Waals surface area contributed by atoms with Gasteiger partial charge in [-0.25, -0.2) is 0 Å². The van der Waals surface area contributed by atoms with Crippen LogP contribution in [0.2, 0.25) is 0 Å². The number of rotatable bonds is 6. The predicted molar refractivity (Wildman–Crippen MR) is 93.3 cm³/mol. The summed E-state index contributed by atoms with van der Waals surface area (Å²) < 4.78 is 0. The topological polar surface area (TPSA) is 32.3 Å². The van der Waals surface area contributed by atoms with Gasteiger partial charge in [0.2, 0.25) is 5.91 Å². The number of amides is 1. The fourth-order valence-electron chi connectivity index (χ4n) is 4.12. The number of halogens is 1. The fourth-order valence-corrected chi connectivity index (χ4v) is 4.12. The van der Waals surface area contributed by atoms with Crippen molar-refractivity contribution in [2.45, 2.75) is 70.8 Å². The van der Waals surface area contributed by atoms with Crippen molar-refractivity contribution >= 4 is 18.3 Å². The Morgan fingerprint density at radius 1 is 1.05 bits per heavy atom. The Kier molecular flexibility index (Phi) is 7.01. The number of piperidine rings is 1. The molecule has 3 rings (SSSR count). The molecule has 0 radical (unpaired) electrons. The lowest BCUT2D eigenvalue weighted by Gasteiger charge is -2.34. The zero-order valence-corrected chi connectivity index (χ0v) is 14.9. The lowest BCUT2D eigenvalue weighted by Crippen LogP contribution is -2.47. The van der Waals surface area contributed by atoms with Gasteiger partial charge in [-0.05, 0) is 50.5 Å². The number of carbonyl (C=O) groups is 1. The summed E-state index contributed by atoms with van der Waals surface area (Å²) in [6.45, 7) is 5.29. The number of nitrogens with zero attached hydrogens (tertiary/aromatic N) is 1. The molecule has 0 aromatic carbocycles. The van der Waals surface area contributed by atoms with Gasteiger partial charge in [0.1, 0.15) is 0 Å². The predicted octanol–water partition coefficient (Wildman–Crippen LogP) is 3.62. The van der Waals surface area contributed by atoms with Crippen molar-refractivity contribution in [1.82, 2.24) is 10.2 Å². The third-order valence-corrected chi connectivity index (χ3v) is 5.78. The van der Waals surface area contributed by atoms with Crippen molar-refractivity contribution in [3.05, 3.63) is 0 Å². The molecular formula is C18H33ClN2O. The van der Waals surface area contributed by atoms with E-state index in [0.29, 0.717) is 11.9 Å². The van der Waals surface area contributed by atoms with Crippen LogP contribution in [0.3, 0.4) is 0 Å². The minimum absolute atomic E-state index is 0. The van der Waals surface area contributed by atoms with Gasteiger partial charge < -0.3 is 10.2 Å². The molecule has 22 heavy (non-hydrogen) atoms. The molecule has 0 spiro atoms. The van der Waals surface area contributed by atoms with E-state index in [2.05, 4.69) is 17.1 Å². The Balaban J connectivity index is 0.00000176. The van der Waals surface area contributed by atoms with Gasteiger partial charge in [0.25, 0.3) is 0 Å². The van der Waals surface area contributed by atoms with E-state index in [4.69, 9.17) is 0 Å². The molecule has 1 atom stereocenters. The van der Waals surface area contributed by atoms with Crippen LogP contribution in [0, 0.1) is 17.8 Å². The normalized spacial score (nSPS) is 25.0. The molecule has 1 unspecified atom stereocenters. The minimum Gasteiger partial charge on any atom is -0.342 e. The van der Waals surface area contributed by atoms with Crippen molar-refractivity contribution in [2.24, 2.45) is 17.8 Å². The van der Waals surface area contributed by atoms with Crippen molar-refractivity contribution in [1.29, 1.82) is 0 Å². The van der Waals surface area contributed by atoms with Gasteiger partial charge in [0.15, 0.2) is 0 Å². The maximum Gasteiger partial charge on any atom is 0.225 e. The average Bonchev–Trinajstić information content (AvgIpc) is 3.20. The van der Waals surface area contributed by atoms with E-state index < -0.39 is 0 Å². The van der Waals surface area contributed by atoms with Crippen molar-refractivity contribution in [3.8, 4) is 0 Å². The molecule has 4 heteroatoms. The highest BCUT2D eigenvalue weighted by atomic mass is 35.5. The molecule has 3 fully saturated rings. The number of carbonyl (C=O) groups excluding carboxylic acids is 1. The van der Waals surface area contributed by atoms with Crippen LogP contribution >= 0.6 is 12.4 Å². The van der Waals surface area contributed by atoms with E-state index in [0.717, 1.165) is 44.2 Å². The highest BCUT2D eigenvalue weighted by Gasteiger charge is 2.29. The van der Waals surface area contributed by atoms with Gasteiger partial charge in [0.05, 0.1) is 0 Å². The lowest BCUT2D eigenvalue weighted by atomic mass is 9.92. The number of nitrogens with one attached hydrogen (secondary N) is 1. The number of hydrogen-bond acceptors (Lipinski definition) is 2. The third kappa shape index (κ3) is 5.13. The first-order valence-corrected chi connectivity index (χ1v) is 9.24. The molecule has 128 valence electrons. The van der Waals surface area contributed by atoms with Crippen LogP contribution in [0.5, 0.6) is 0 Å². The summed E-state index contributed by atoms with van der Waals surface area (Å²) in [5.74, 6) is 2.43. The number of hydrogen-bond donors (Lipinski definition) is 1. The molecule has 1 saturated heterocycles. The highest BCUT2D eigenvalue weighted by Crippen LogP contribution is 2.31. The van der Waals surface area contributed by atoms with Gasteiger partial charge in [0, 0.05) is 25.0 Å². The van der Waals surface area contributed by atoms with Gasteiger partial charge in [-0.15, -0.1) is 12.4 Å². The standard InChI is InChI=1S/C18H32N2O.ClH/c1-14(12-15-4-2-3-5-15)18(21)20-10-8-17(9-11-20)19-13-16-6-7-16;/h14-17,19H,2-13H2,1H3;1H. The van der Waals surface area contributed by atoms with E-state index in [1.165, 1.54) is 45.1 Å². The second-order valence-electron chi connectivity index (χ2n) is 7.74. The number of likely N-dealkylation sites (tertiary alicyclic amines) is 1. The summed E-state index contributed by atoms with van der Waals surface area (Å²) in [5.41, 5.74) is 0. The minimum atomic E-state index is 0. The first-order valence-electron chi connectivity index (χ1n) is 9.24. The van der Waals surface area contributed by atoms with Crippen LogP contribution in [-0.2, 0) is 4.79 Å². The third-order valence-electron chi connectivity index (χ3n) is 5.78. The largest absolute Gasteiger partial charge is 0.342 e. The zero-order chi connectivity index (χ0) is 14.7. The lowest BCUT2D eigenvalue weighted by molar-refractivity contribution is -0.136. The van der Waals surface area contributed by atoms with Crippen molar-refractivity contribution in [2.75, 3.05) is 19.6 Å². The van der Waals surface area contributed by atoms with Gasteiger partial charge in [-0.3, -0.25) is 4.79 Å². The second-order valence-corrected chi connectivity index (χ2v) is 7.74. The second kappa shape index (κ2) is 8.54. The van der Waals surface area contributed by atoms with Gasteiger partial charge in [-0.1, -0.05) is 32.6 Å². The maximum atomic E-state index is 12.6. The summed E-state index contributed by atoms with van der Waals surface area (Å²) >= 11 is 0. The quantitative estimate of drug-likeness (QED) is 0.807. The van der Waals surface area contributed by atoms with Crippen molar-refractivity contribution < 1.29 is 4.79 Å². The van der Waals surface area contributed by atoms with Crippen LogP contribution in [-0.4, -0.2) is 36.5 Å². The Morgan fingerprint density at radius 3 is 2.27 bits per heavy atom. The monoisotopic (exact) mass is 328 g/mol. The van der Waals surface area contributed by atoms with Crippen LogP contribution in [0.15, 0.2) is 0 Å². The Bertz CT molecular complexity index is 345. The fraction of sp³-hybridized carbons (Fsp3) is 0.944. The van der Waals surface area contributed by atoms with E-state index in [1.54, 1.807) is 0 Å². The molecule has 2 saturated carbocycles. The van der Waals surface area contributed by atoms with Crippen LogP contribution < -0.4 is 5.32 Å². The van der Waals surface area contributed by atoms with E-state index >= 15 is 0 Å². The van der Waals surface area contributed by atoms with Crippen LogP contribution in [0.25, 0.3) is 0 Å². The molecule has 1 amide bonds. The summed E-state index contributed by atoms with van der Waals surface area (Å²) in [6.07, 6.45) is 11.7. The first-order chi connectivity index (χ1) is 10.2. The molecule has 0 bridgehead atoms. The molecule has 1 N–H and O–H groups in total.